The molecular formula is C41H58O3Si2. The fourth-order valence-corrected chi connectivity index (χ4v) is 10.4. The predicted octanol–water partition coefficient (Wildman–Crippen LogP) is 10.3. The second-order valence-electron chi connectivity index (χ2n) is 16.1. The lowest BCUT2D eigenvalue weighted by atomic mass is 9.87. The van der Waals surface area contributed by atoms with Gasteiger partial charge in [0, 0.05) is 5.41 Å². The van der Waals surface area contributed by atoms with E-state index in [2.05, 4.69) is 150 Å². The van der Waals surface area contributed by atoms with Crippen molar-refractivity contribution in [3.63, 3.8) is 0 Å². The Bertz CT molecular complexity index is 1390. The zero-order valence-electron chi connectivity index (χ0n) is 29.7. The van der Waals surface area contributed by atoms with Crippen LogP contribution in [0.4, 0.5) is 0 Å². The van der Waals surface area contributed by atoms with Crippen LogP contribution in [0.25, 0.3) is 0 Å². The molecule has 248 valence electrons. The van der Waals surface area contributed by atoms with Crippen LogP contribution in [0.1, 0.15) is 56.7 Å². The van der Waals surface area contributed by atoms with Crippen LogP contribution >= 0.6 is 0 Å². The molecular weight excluding hydrogens is 597 g/mol. The van der Waals surface area contributed by atoms with E-state index in [9.17, 15) is 5.11 Å². The van der Waals surface area contributed by atoms with Gasteiger partial charge < -0.3 is 14.6 Å². The summed E-state index contributed by atoms with van der Waals surface area (Å²) in [5, 5.41) is 13.6. The van der Waals surface area contributed by atoms with Gasteiger partial charge in [-0.15, -0.1) is 0 Å². The van der Waals surface area contributed by atoms with Crippen molar-refractivity contribution in [1.29, 1.82) is 0 Å². The molecule has 46 heavy (non-hydrogen) atoms. The Morgan fingerprint density at radius 3 is 1.63 bits per heavy atom. The first-order valence-electron chi connectivity index (χ1n) is 17.1. The summed E-state index contributed by atoms with van der Waals surface area (Å²) in [5.74, 6) is 0. The quantitative estimate of drug-likeness (QED) is 0.176. The Labute approximate surface area is 281 Å². The number of hydrogen-bond donors (Lipinski definition) is 1. The van der Waals surface area contributed by atoms with Gasteiger partial charge in [0.25, 0.3) is 0 Å². The average molecular weight is 655 g/mol. The first-order valence-corrected chi connectivity index (χ1v) is 23.7. The Kier molecular flexibility index (Phi) is 12.3. The normalized spacial score (nSPS) is 18.2. The van der Waals surface area contributed by atoms with Gasteiger partial charge in [0.05, 0.1) is 48.7 Å². The first-order chi connectivity index (χ1) is 21.7. The van der Waals surface area contributed by atoms with E-state index in [1.807, 2.05) is 0 Å². The van der Waals surface area contributed by atoms with Crippen LogP contribution < -0.4 is 0 Å². The molecule has 0 amide bonds. The van der Waals surface area contributed by atoms with Gasteiger partial charge in [-0.05, 0) is 53.0 Å². The van der Waals surface area contributed by atoms with E-state index in [4.69, 9.17) is 9.47 Å². The Morgan fingerprint density at radius 1 is 0.739 bits per heavy atom. The summed E-state index contributed by atoms with van der Waals surface area (Å²) in [6, 6.07) is 31.5. The third-order valence-corrected chi connectivity index (χ3v) is 17.2. The maximum atomic E-state index is 12.1. The summed E-state index contributed by atoms with van der Waals surface area (Å²) in [6.45, 7) is 21.8. The molecule has 0 heterocycles. The number of rotatable bonds is 14. The van der Waals surface area contributed by atoms with E-state index in [-0.39, 0.29) is 10.5 Å². The lowest BCUT2D eigenvalue weighted by molar-refractivity contribution is -0.0263. The van der Waals surface area contributed by atoms with Crippen molar-refractivity contribution in [2.45, 2.75) is 104 Å². The molecule has 5 heteroatoms. The highest BCUT2D eigenvalue weighted by Gasteiger charge is 2.45. The van der Waals surface area contributed by atoms with Gasteiger partial charge in [0.15, 0.2) is 0 Å². The second-order valence-corrected chi connectivity index (χ2v) is 26.4. The second kappa shape index (κ2) is 15.6. The molecule has 0 aliphatic heterocycles. The molecule has 1 fully saturated rings. The molecule has 1 atom stereocenters. The molecule has 3 aromatic rings. The van der Waals surface area contributed by atoms with Crippen LogP contribution in [-0.2, 0) is 29.1 Å². The number of hydrogen-bond acceptors (Lipinski definition) is 3. The van der Waals surface area contributed by atoms with Crippen molar-refractivity contribution in [3.8, 4) is 0 Å². The number of aliphatic hydroxyl groups is 1. The molecule has 0 spiro atoms. The minimum absolute atomic E-state index is 0.197. The third kappa shape index (κ3) is 9.98. The maximum absolute atomic E-state index is 12.1. The first kappa shape index (κ1) is 36.3. The summed E-state index contributed by atoms with van der Waals surface area (Å²) in [7, 11) is -3.72. The molecule has 0 saturated heterocycles. The lowest BCUT2D eigenvalue weighted by Gasteiger charge is -2.35. The standard InChI is InChI=1S/C41H58O3Si2/c1-40(2,3)46(7,8)30-36-26-41(31-43-28-34-20-14-10-15-21-34,32-44-29-35-22-16-11-17-23-35)27-37(36)39(45(4,5)6)38(42)25-24-33-18-12-9-13-19-33/h9-23,30,38,42H,24-29,31-32H2,1-8H3/b36-30+,39-37+. The van der Waals surface area contributed by atoms with Crippen molar-refractivity contribution in [2.24, 2.45) is 5.41 Å². The van der Waals surface area contributed by atoms with E-state index in [1.54, 1.807) is 0 Å². The number of aryl methyl sites for hydroxylation is 1. The highest BCUT2D eigenvalue weighted by Crippen LogP contribution is 2.51. The summed E-state index contributed by atoms with van der Waals surface area (Å²) < 4.78 is 13.1. The fourth-order valence-electron chi connectivity index (χ4n) is 6.53. The van der Waals surface area contributed by atoms with Gasteiger partial charge in [0.2, 0.25) is 0 Å². The van der Waals surface area contributed by atoms with Gasteiger partial charge in [-0.2, -0.15) is 0 Å². The molecule has 0 radical (unpaired) electrons. The monoisotopic (exact) mass is 654 g/mol. The molecule has 1 N–H and O–H groups in total. The van der Waals surface area contributed by atoms with Gasteiger partial charge in [0.1, 0.15) is 0 Å². The van der Waals surface area contributed by atoms with E-state index >= 15 is 0 Å². The molecule has 0 bridgehead atoms. The Morgan fingerprint density at radius 2 is 1.20 bits per heavy atom. The van der Waals surface area contributed by atoms with Crippen LogP contribution in [0, 0.1) is 5.41 Å². The van der Waals surface area contributed by atoms with E-state index < -0.39 is 22.3 Å². The van der Waals surface area contributed by atoms with Crippen molar-refractivity contribution in [3.05, 3.63) is 130 Å². The van der Waals surface area contributed by atoms with Gasteiger partial charge in [-0.3, -0.25) is 0 Å². The number of benzene rings is 3. The summed E-state index contributed by atoms with van der Waals surface area (Å²) >= 11 is 0. The van der Waals surface area contributed by atoms with E-state index in [0.717, 1.165) is 25.7 Å². The largest absolute Gasteiger partial charge is 0.389 e. The maximum Gasteiger partial charge on any atom is 0.0773 e. The highest BCUT2D eigenvalue weighted by atomic mass is 28.3. The number of aliphatic hydroxyl groups excluding tert-OH is 1. The average Bonchev–Trinajstić information content (AvgIpc) is 3.32. The van der Waals surface area contributed by atoms with E-state index in [1.165, 1.54) is 33.0 Å². The zero-order valence-corrected chi connectivity index (χ0v) is 31.7. The summed E-state index contributed by atoms with van der Waals surface area (Å²) in [6.07, 6.45) is 2.94. The van der Waals surface area contributed by atoms with Crippen LogP contribution in [0.15, 0.2) is 113 Å². The van der Waals surface area contributed by atoms with Crippen LogP contribution in [0.3, 0.4) is 0 Å². The molecule has 3 nitrogen and oxygen atoms in total. The topological polar surface area (TPSA) is 38.7 Å². The third-order valence-electron chi connectivity index (χ3n) is 10.0. The summed E-state index contributed by atoms with van der Waals surface area (Å²) in [5.41, 5.74) is 8.97. The van der Waals surface area contributed by atoms with Crippen LogP contribution in [0.2, 0.25) is 37.8 Å². The van der Waals surface area contributed by atoms with Crippen molar-refractivity contribution in [2.75, 3.05) is 13.2 Å². The van der Waals surface area contributed by atoms with Crippen LogP contribution in [-0.4, -0.2) is 40.6 Å². The summed E-state index contributed by atoms with van der Waals surface area (Å²) in [4.78, 5) is 0. The zero-order chi connectivity index (χ0) is 33.4. The molecule has 1 unspecified atom stereocenters. The van der Waals surface area contributed by atoms with E-state index in [0.29, 0.717) is 26.4 Å². The lowest BCUT2D eigenvalue weighted by Crippen LogP contribution is -2.36. The predicted molar refractivity (Wildman–Crippen MR) is 200 cm³/mol. The van der Waals surface area contributed by atoms with Crippen LogP contribution in [0.5, 0.6) is 0 Å². The van der Waals surface area contributed by atoms with Gasteiger partial charge in [-0.1, -0.05) is 161 Å². The SMILES string of the molecule is CC(C)(C)[Si](C)(C)/C=C1\CC(COCc2ccccc2)(COCc2ccccc2)C\C1=C(\C(O)CCc1ccccc1)[Si](C)(C)C. The number of allylic oxidation sites excluding steroid dienone is 2. The Hall–Kier alpha value is -2.55. The van der Waals surface area contributed by atoms with Gasteiger partial charge >= 0.3 is 0 Å². The van der Waals surface area contributed by atoms with Crippen molar-refractivity contribution >= 4 is 16.1 Å². The smallest absolute Gasteiger partial charge is 0.0773 e. The fraction of sp³-hybridized carbons (Fsp3) is 0.463. The molecule has 1 aliphatic rings. The Balaban J connectivity index is 1.74. The molecule has 4 rings (SSSR count). The highest BCUT2D eigenvalue weighted by molar-refractivity contribution is 6.85. The molecule has 1 aliphatic carbocycles. The minimum Gasteiger partial charge on any atom is -0.389 e. The van der Waals surface area contributed by atoms with Gasteiger partial charge in [-0.25, -0.2) is 0 Å². The molecule has 1 saturated carbocycles. The molecule has 3 aromatic carbocycles. The molecule has 0 aromatic heterocycles. The van der Waals surface area contributed by atoms with Crippen molar-refractivity contribution in [1.82, 2.24) is 0 Å². The minimum atomic E-state index is -1.92. The number of ether oxygens (including phenoxy) is 2. The van der Waals surface area contributed by atoms with Crippen molar-refractivity contribution < 1.29 is 14.6 Å².